The highest BCUT2D eigenvalue weighted by Gasteiger charge is 2.24. The first kappa shape index (κ1) is 14.0. The van der Waals surface area contributed by atoms with Crippen LogP contribution in [0, 0.1) is 3.57 Å². The number of nitrogens with zero attached hydrogens (tertiary/aromatic N) is 1. The largest absolute Gasteiger partial charge is 0.342 e. The van der Waals surface area contributed by atoms with Crippen LogP contribution in [0.15, 0.2) is 48.7 Å². The molecular formula is C15H15IN2O. The third-order valence-corrected chi connectivity index (χ3v) is 3.56. The molecule has 0 atom stereocenters. The minimum atomic E-state index is -0.499. The molecule has 0 bridgehead atoms. The van der Waals surface area contributed by atoms with Crippen LogP contribution in [0.25, 0.3) is 0 Å². The Kier molecular flexibility index (Phi) is 4.19. The smallest absolute Gasteiger partial charge is 0.252 e. The molecule has 2 rings (SSSR count). The van der Waals surface area contributed by atoms with Crippen LogP contribution >= 0.6 is 22.6 Å². The molecule has 3 nitrogen and oxygen atoms in total. The van der Waals surface area contributed by atoms with Gasteiger partial charge in [0.1, 0.15) is 0 Å². The minimum absolute atomic E-state index is 0.0907. The lowest BCUT2D eigenvalue weighted by Gasteiger charge is -2.25. The van der Waals surface area contributed by atoms with Crippen LogP contribution < -0.4 is 5.32 Å². The van der Waals surface area contributed by atoms with Crippen LogP contribution in [0.1, 0.15) is 29.9 Å². The highest BCUT2D eigenvalue weighted by Crippen LogP contribution is 2.18. The van der Waals surface area contributed by atoms with Crippen LogP contribution in [0.4, 0.5) is 0 Å². The van der Waals surface area contributed by atoms with Gasteiger partial charge in [0.15, 0.2) is 0 Å². The van der Waals surface area contributed by atoms with E-state index in [1.807, 2.05) is 56.3 Å². The van der Waals surface area contributed by atoms with Crippen molar-refractivity contribution in [3.8, 4) is 0 Å². The number of carbonyl (C=O) groups is 1. The van der Waals surface area contributed by atoms with Crippen LogP contribution in [0.5, 0.6) is 0 Å². The fourth-order valence-corrected chi connectivity index (χ4v) is 2.11. The van der Waals surface area contributed by atoms with Crippen molar-refractivity contribution < 1.29 is 4.79 Å². The van der Waals surface area contributed by atoms with Crippen LogP contribution in [-0.2, 0) is 5.54 Å². The molecule has 98 valence electrons. The predicted octanol–water partition coefficient (Wildman–Crippen LogP) is 3.35. The summed E-state index contributed by atoms with van der Waals surface area (Å²) in [5.74, 6) is -0.0907. The Balaban J connectivity index is 2.16. The quantitative estimate of drug-likeness (QED) is 0.847. The minimum Gasteiger partial charge on any atom is -0.342 e. The van der Waals surface area contributed by atoms with Gasteiger partial charge < -0.3 is 5.32 Å². The van der Waals surface area contributed by atoms with E-state index in [0.29, 0.717) is 5.56 Å². The lowest BCUT2D eigenvalue weighted by molar-refractivity contribution is 0.0910. The third-order valence-electron chi connectivity index (χ3n) is 2.84. The van der Waals surface area contributed by atoms with Crippen molar-refractivity contribution in [2.45, 2.75) is 19.4 Å². The zero-order valence-corrected chi connectivity index (χ0v) is 13.0. The summed E-state index contributed by atoms with van der Waals surface area (Å²) in [5, 5.41) is 3.00. The number of carbonyl (C=O) groups excluding carboxylic acids is 1. The Bertz CT molecular complexity index is 564. The summed E-state index contributed by atoms with van der Waals surface area (Å²) >= 11 is 2.22. The Hall–Kier alpha value is -1.43. The van der Waals surface area contributed by atoms with Gasteiger partial charge in [-0.05, 0) is 72.8 Å². The zero-order chi connectivity index (χ0) is 13.9. The second kappa shape index (κ2) is 5.69. The van der Waals surface area contributed by atoms with E-state index >= 15 is 0 Å². The van der Waals surface area contributed by atoms with E-state index < -0.39 is 5.54 Å². The van der Waals surface area contributed by atoms with E-state index in [0.717, 1.165) is 9.26 Å². The topological polar surface area (TPSA) is 42.0 Å². The number of rotatable bonds is 3. The Morgan fingerprint density at radius 1 is 1.16 bits per heavy atom. The van der Waals surface area contributed by atoms with E-state index in [4.69, 9.17) is 0 Å². The van der Waals surface area contributed by atoms with Gasteiger partial charge in [-0.15, -0.1) is 0 Å². The monoisotopic (exact) mass is 366 g/mol. The number of benzene rings is 1. The fraction of sp³-hybridized carbons (Fsp3) is 0.200. The third kappa shape index (κ3) is 3.53. The maximum atomic E-state index is 12.2. The number of aromatic nitrogens is 1. The van der Waals surface area contributed by atoms with Crippen molar-refractivity contribution in [1.82, 2.24) is 10.3 Å². The molecule has 4 heteroatoms. The molecule has 1 N–H and O–H groups in total. The molecule has 0 fully saturated rings. The molecule has 0 saturated carbocycles. The van der Waals surface area contributed by atoms with E-state index in [1.54, 1.807) is 6.20 Å². The van der Waals surface area contributed by atoms with Gasteiger partial charge in [0.05, 0.1) is 11.2 Å². The van der Waals surface area contributed by atoms with Crippen molar-refractivity contribution in [1.29, 1.82) is 0 Å². The van der Waals surface area contributed by atoms with E-state index in [1.165, 1.54) is 0 Å². The summed E-state index contributed by atoms with van der Waals surface area (Å²) in [5.41, 5.74) is 1.000. The summed E-state index contributed by atoms with van der Waals surface area (Å²) in [4.78, 5) is 16.5. The van der Waals surface area contributed by atoms with E-state index in [9.17, 15) is 4.79 Å². The molecule has 0 aliphatic rings. The standard InChI is InChI=1S/C15H15IN2O/c1-15(2,13-5-3-4-10-17-13)18-14(19)11-6-8-12(16)9-7-11/h3-10H,1-2H3,(H,18,19). The highest BCUT2D eigenvalue weighted by molar-refractivity contribution is 14.1. The average molecular weight is 366 g/mol. The number of hydrogen-bond donors (Lipinski definition) is 1. The summed E-state index contributed by atoms with van der Waals surface area (Å²) in [6, 6.07) is 13.2. The van der Waals surface area contributed by atoms with E-state index in [2.05, 4.69) is 32.9 Å². The molecule has 0 radical (unpaired) electrons. The molecular weight excluding hydrogens is 351 g/mol. The van der Waals surface area contributed by atoms with Gasteiger partial charge in [0.25, 0.3) is 5.91 Å². The van der Waals surface area contributed by atoms with Crippen LogP contribution in [0.3, 0.4) is 0 Å². The highest BCUT2D eigenvalue weighted by atomic mass is 127. The molecule has 0 aliphatic carbocycles. The van der Waals surface area contributed by atoms with Crippen molar-refractivity contribution in [3.63, 3.8) is 0 Å². The van der Waals surface area contributed by atoms with Gasteiger partial charge in [0, 0.05) is 15.3 Å². The molecule has 2 aromatic rings. The lowest BCUT2D eigenvalue weighted by atomic mass is 9.99. The Morgan fingerprint density at radius 2 is 1.84 bits per heavy atom. The second-order valence-electron chi connectivity index (χ2n) is 4.80. The molecule has 1 amide bonds. The SMILES string of the molecule is CC(C)(NC(=O)c1ccc(I)cc1)c1ccccn1. The first-order chi connectivity index (χ1) is 8.99. The number of nitrogens with one attached hydrogen (secondary N) is 1. The van der Waals surface area contributed by atoms with Crippen LogP contribution in [-0.4, -0.2) is 10.9 Å². The van der Waals surface area contributed by atoms with Gasteiger partial charge >= 0.3 is 0 Å². The Labute approximate surface area is 126 Å². The van der Waals surface area contributed by atoms with E-state index in [-0.39, 0.29) is 5.91 Å². The van der Waals surface area contributed by atoms with Crippen molar-refractivity contribution in [2.24, 2.45) is 0 Å². The molecule has 1 aromatic carbocycles. The van der Waals surface area contributed by atoms with Gasteiger partial charge in [-0.3, -0.25) is 9.78 Å². The van der Waals surface area contributed by atoms with Crippen molar-refractivity contribution in [2.75, 3.05) is 0 Å². The molecule has 0 unspecified atom stereocenters. The summed E-state index contributed by atoms with van der Waals surface area (Å²) in [6.07, 6.45) is 1.73. The first-order valence-electron chi connectivity index (χ1n) is 5.98. The summed E-state index contributed by atoms with van der Waals surface area (Å²) < 4.78 is 1.11. The molecule has 0 aliphatic heterocycles. The normalized spacial score (nSPS) is 11.1. The molecule has 0 saturated heterocycles. The number of pyridine rings is 1. The average Bonchev–Trinajstić information content (AvgIpc) is 2.40. The summed E-state index contributed by atoms with van der Waals surface area (Å²) in [7, 11) is 0. The molecule has 1 heterocycles. The molecule has 0 spiro atoms. The van der Waals surface area contributed by atoms with Crippen molar-refractivity contribution >= 4 is 28.5 Å². The number of amides is 1. The van der Waals surface area contributed by atoms with Gasteiger partial charge in [-0.25, -0.2) is 0 Å². The van der Waals surface area contributed by atoms with Gasteiger partial charge in [-0.2, -0.15) is 0 Å². The van der Waals surface area contributed by atoms with Gasteiger partial charge in [0.2, 0.25) is 0 Å². The van der Waals surface area contributed by atoms with Crippen LogP contribution in [0.2, 0.25) is 0 Å². The zero-order valence-electron chi connectivity index (χ0n) is 10.9. The number of halogens is 1. The van der Waals surface area contributed by atoms with Gasteiger partial charge in [-0.1, -0.05) is 6.07 Å². The fourth-order valence-electron chi connectivity index (χ4n) is 1.75. The van der Waals surface area contributed by atoms with Crippen molar-refractivity contribution in [3.05, 3.63) is 63.5 Å². The molecule has 1 aromatic heterocycles. The number of hydrogen-bond acceptors (Lipinski definition) is 2. The summed E-state index contributed by atoms with van der Waals surface area (Å²) in [6.45, 7) is 3.89. The maximum absolute atomic E-state index is 12.2. The second-order valence-corrected chi connectivity index (χ2v) is 6.05. The Morgan fingerprint density at radius 3 is 2.42 bits per heavy atom. The predicted molar refractivity (Wildman–Crippen MR) is 83.9 cm³/mol. The molecule has 19 heavy (non-hydrogen) atoms. The maximum Gasteiger partial charge on any atom is 0.252 e. The lowest BCUT2D eigenvalue weighted by Crippen LogP contribution is -2.41. The first-order valence-corrected chi connectivity index (χ1v) is 7.06.